The number of nitrogens with two attached hydrogens (primary N) is 2. The lowest BCUT2D eigenvalue weighted by molar-refractivity contribution is 0.708. The minimum Gasteiger partial charge on any atom is -0.330 e. The van der Waals surface area contributed by atoms with E-state index in [0.717, 1.165) is 0 Å². The van der Waals surface area contributed by atoms with Crippen LogP contribution in [0.25, 0.3) is 0 Å². The maximum Gasteiger partial charge on any atom is 0.00841 e. The first-order chi connectivity index (χ1) is 5.38. The molecule has 0 amide bonds. The van der Waals surface area contributed by atoms with E-state index < -0.39 is 0 Å². The van der Waals surface area contributed by atoms with Crippen molar-refractivity contribution < 1.29 is 0 Å². The van der Waals surface area contributed by atoms with Crippen LogP contribution >= 0.6 is 17.0 Å². The Bertz CT molecular complexity index is 197. The quantitative estimate of drug-likeness (QED) is 0.822. The lowest BCUT2D eigenvalue weighted by Gasteiger charge is -2.11. The van der Waals surface area contributed by atoms with Gasteiger partial charge in [-0.1, -0.05) is 30.3 Å². The Morgan fingerprint density at radius 2 is 1.50 bits per heavy atom. The van der Waals surface area contributed by atoms with Gasteiger partial charge in [0, 0.05) is 19.0 Å². The van der Waals surface area contributed by atoms with Crippen LogP contribution in [0.5, 0.6) is 0 Å². The summed E-state index contributed by atoms with van der Waals surface area (Å²) < 4.78 is 0. The summed E-state index contributed by atoms with van der Waals surface area (Å²) in [6, 6.07) is 10.1. The van der Waals surface area contributed by atoms with Crippen molar-refractivity contribution in [2.75, 3.05) is 13.1 Å². The second-order valence-electron chi connectivity index (χ2n) is 2.58. The molecular formula is C9H15BrN2. The third kappa shape index (κ3) is 2.93. The van der Waals surface area contributed by atoms with E-state index in [4.69, 9.17) is 11.5 Å². The Labute approximate surface area is 83.7 Å². The van der Waals surface area contributed by atoms with Crippen LogP contribution in [0.4, 0.5) is 0 Å². The summed E-state index contributed by atoms with van der Waals surface area (Å²) in [5.41, 5.74) is 12.3. The van der Waals surface area contributed by atoms with Crippen LogP contribution in [0.15, 0.2) is 30.3 Å². The Balaban J connectivity index is 0.00000121. The fourth-order valence-corrected chi connectivity index (χ4v) is 1.09. The highest BCUT2D eigenvalue weighted by molar-refractivity contribution is 8.93. The smallest absolute Gasteiger partial charge is 0.00841 e. The summed E-state index contributed by atoms with van der Waals surface area (Å²) in [7, 11) is 0. The van der Waals surface area contributed by atoms with Crippen LogP contribution in [0.3, 0.4) is 0 Å². The first kappa shape index (κ1) is 11.6. The molecule has 0 radical (unpaired) electrons. The lowest BCUT2D eigenvalue weighted by Crippen LogP contribution is -2.20. The minimum absolute atomic E-state index is 0. The molecule has 2 nitrogen and oxygen atoms in total. The van der Waals surface area contributed by atoms with Crippen molar-refractivity contribution in [2.45, 2.75) is 5.92 Å². The molecule has 0 aliphatic carbocycles. The van der Waals surface area contributed by atoms with Gasteiger partial charge in [-0.3, -0.25) is 0 Å². The van der Waals surface area contributed by atoms with Gasteiger partial charge < -0.3 is 11.5 Å². The first-order valence-electron chi connectivity index (χ1n) is 3.83. The highest BCUT2D eigenvalue weighted by Gasteiger charge is 2.04. The topological polar surface area (TPSA) is 52.0 Å². The molecule has 0 saturated heterocycles. The van der Waals surface area contributed by atoms with E-state index >= 15 is 0 Å². The van der Waals surface area contributed by atoms with E-state index in [1.165, 1.54) is 5.56 Å². The van der Waals surface area contributed by atoms with Gasteiger partial charge in [0.25, 0.3) is 0 Å². The summed E-state index contributed by atoms with van der Waals surface area (Å²) in [6.07, 6.45) is 0. The maximum atomic E-state index is 5.54. The maximum absolute atomic E-state index is 5.54. The van der Waals surface area contributed by atoms with E-state index in [1.54, 1.807) is 0 Å². The molecule has 0 fully saturated rings. The van der Waals surface area contributed by atoms with E-state index in [0.29, 0.717) is 19.0 Å². The summed E-state index contributed by atoms with van der Waals surface area (Å²) in [4.78, 5) is 0. The minimum atomic E-state index is 0. The molecule has 0 aliphatic heterocycles. The number of rotatable bonds is 3. The monoisotopic (exact) mass is 230 g/mol. The molecule has 4 N–H and O–H groups in total. The lowest BCUT2D eigenvalue weighted by atomic mass is 10.00. The summed E-state index contributed by atoms with van der Waals surface area (Å²) in [5, 5.41) is 0. The van der Waals surface area contributed by atoms with Gasteiger partial charge in [-0.2, -0.15) is 0 Å². The Morgan fingerprint density at radius 1 is 1.00 bits per heavy atom. The average molecular weight is 231 g/mol. The SMILES string of the molecule is Br.NCC(CN)c1ccccc1. The zero-order chi connectivity index (χ0) is 8.10. The predicted octanol–water partition coefficient (Wildman–Crippen LogP) is 1.27. The molecular weight excluding hydrogens is 216 g/mol. The molecule has 3 heteroatoms. The van der Waals surface area contributed by atoms with E-state index in [-0.39, 0.29) is 17.0 Å². The highest BCUT2D eigenvalue weighted by Crippen LogP contribution is 2.11. The Morgan fingerprint density at radius 3 is 1.92 bits per heavy atom. The molecule has 0 aromatic heterocycles. The van der Waals surface area contributed by atoms with Crippen LogP contribution in [0, 0.1) is 0 Å². The first-order valence-corrected chi connectivity index (χ1v) is 3.83. The largest absolute Gasteiger partial charge is 0.330 e. The number of hydrogen-bond donors (Lipinski definition) is 2. The molecule has 68 valence electrons. The Hall–Kier alpha value is -0.380. The summed E-state index contributed by atoms with van der Waals surface area (Å²) in [6.45, 7) is 1.25. The molecule has 0 heterocycles. The van der Waals surface area contributed by atoms with Crippen molar-refractivity contribution in [2.24, 2.45) is 11.5 Å². The van der Waals surface area contributed by atoms with Crippen LogP contribution in [0.2, 0.25) is 0 Å². The van der Waals surface area contributed by atoms with Crippen molar-refractivity contribution in [3.05, 3.63) is 35.9 Å². The van der Waals surface area contributed by atoms with E-state index in [9.17, 15) is 0 Å². The molecule has 1 aromatic rings. The summed E-state index contributed by atoms with van der Waals surface area (Å²) >= 11 is 0. The van der Waals surface area contributed by atoms with Gasteiger partial charge in [-0.25, -0.2) is 0 Å². The highest BCUT2D eigenvalue weighted by atomic mass is 79.9. The molecule has 0 saturated carbocycles. The zero-order valence-corrected chi connectivity index (χ0v) is 8.65. The van der Waals surface area contributed by atoms with Crippen LogP contribution in [0.1, 0.15) is 11.5 Å². The number of hydrogen-bond acceptors (Lipinski definition) is 2. The van der Waals surface area contributed by atoms with E-state index in [1.807, 2.05) is 18.2 Å². The second-order valence-corrected chi connectivity index (χ2v) is 2.58. The molecule has 1 aromatic carbocycles. The van der Waals surface area contributed by atoms with Crippen molar-refractivity contribution in [3.8, 4) is 0 Å². The standard InChI is InChI=1S/C9H14N2.BrH/c10-6-9(7-11)8-4-2-1-3-5-8;/h1-5,9H,6-7,10-11H2;1H. The average Bonchev–Trinajstić information content (AvgIpc) is 2.09. The third-order valence-corrected chi connectivity index (χ3v) is 1.84. The van der Waals surface area contributed by atoms with Crippen LogP contribution in [-0.4, -0.2) is 13.1 Å². The molecule has 0 atom stereocenters. The van der Waals surface area contributed by atoms with Gasteiger partial charge in [0.1, 0.15) is 0 Å². The fourth-order valence-electron chi connectivity index (χ4n) is 1.09. The van der Waals surface area contributed by atoms with Crippen molar-refractivity contribution in [1.82, 2.24) is 0 Å². The molecule has 12 heavy (non-hydrogen) atoms. The predicted molar refractivity (Wildman–Crippen MR) is 57.6 cm³/mol. The van der Waals surface area contributed by atoms with Crippen LogP contribution in [-0.2, 0) is 0 Å². The molecule has 0 spiro atoms. The second kappa shape index (κ2) is 6.17. The van der Waals surface area contributed by atoms with E-state index in [2.05, 4.69) is 12.1 Å². The van der Waals surface area contributed by atoms with Gasteiger partial charge in [-0.05, 0) is 5.56 Å². The number of benzene rings is 1. The van der Waals surface area contributed by atoms with Gasteiger partial charge in [0.2, 0.25) is 0 Å². The fraction of sp³-hybridized carbons (Fsp3) is 0.333. The van der Waals surface area contributed by atoms with Gasteiger partial charge in [0.05, 0.1) is 0 Å². The van der Waals surface area contributed by atoms with Crippen molar-refractivity contribution in [1.29, 1.82) is 0 Å². The third-order valence-electron chi connectivity index (χ3n) is 1.84. The van der Waals surface area contributed by atoms with Crippen molar-refractivity contribution in [3.63, 3.8) is 0 Å². The van der Waals surface area contributed by atoms with Gasteiger partial charge >= 0.3 is 0 Å². The molecule has 0 unspecified atom stereocenters. The molecule has 0 aliphatic rings. The van der Waals surface area contributed by atoms with Gasteiger partial charge in [-0.15, -0.1) is 17.0 Å². The molecule has 1 rings (SSSR count). The van der Waals surface area contributed by atoms with Crippen LogP contribution < -0.4 is 11.5 Å². The Kier molecular flexibility index (Phi) is 5.98. The summed E-state index contributed by atoms with van der Waals surface area (Å²) in [5.74, 6) is 0.316. The van der Waals surface area contributed by atoms with Gasteiger partial charge in [0.15, 0.2) is 0 Å². The number of halogens is 1. The zero-order valence-electron chi connectivity index (χ0n) is 6.94. The van der Waals surface area contributed by atoms with Crippen molar-refractivity contribution >= 4 is 17.0 Å². The molecule has 0 bridgehead atoms. The normalized spacial score (nSPS) is 9.58.